The lowest BCUT2D eigenvalue weighted by molar-refractivity contribution is -0.247. The molecule has 0 aromatic heterocycles. The summed E-state index contributed by atoms with van der Waals surface area (Å²) in [6, 6.07) is 0. The van der Waals surface area contributed by atoms with Crippen LogP contribution in [0.4, 0.5) is 4.39 Å². The summed E-state index contributed by atoms with van der Waals surface area (Å²) >= 11 is 0. The van der Waals surface area contributed by atoms with Crippen molar-refractivity contribution in [2.75, 3.05) is 26.8 Å². The maximum atomic E-state index is 14.6. The lowest BCUT2D eigenvalue weighted by Crippen LogP contribution is -2.49. The topological polar surface area (TPSA) is 38.8 Å². The minimum absolute atomic E-state index is 0.306. The number of nitrogens with zero attached hydrogens (tertiary/aromatic N) is 1. The van der Waals surface area contributed by atoms with Crippen LogP contribution in [0.2, 0.25) is 0 Å². The van der Waals surface area contributed by atoms with Gasteiger partial charge in [0.1, 0.15) is 6.42 Å². The van der Waals surface area contributed by atoms with Gasteiger partial charge in [0.05, 0.1) is 13.7 Å². The third-order valence-corrected chi connectivity index (χ3v) is 2.65. The molecule has 0 aliphatic carbocycles. The van der Waals surface area contributed by atoms with Gasteiger partial charge in [-0.15, -0.1) is 0 Å². The van der Waals surface area contributed by atoms with Crippen LogP contribution in [0.5, 0.6) is 0 Å². The molecule has 102 valence electrons. The summed E-state index contributed by atoms with van der Waals surface area (Å²) < 4.78 is 24.4. The number of esters is 1. The van der Waals surface area contributed by atoms with Gasteiger partial charge in [-0.05, 0) is 6.42 Å². The van der Waals surface area contributed by atoms with Crippen molar-refractivity contribution in [3.8, 4) is 0 Å². The van der Waals surface area contributed by atoms with E-state index in [4.69, 9.17) is 4.74 Å². The van der Waals surface area contributed by atoms with Crippen molar-refractivity contribution < 1.29 is 18.7 Å². The molecular weight excluding hydrogens is 225 g/mol. The third kappa shape index (κ3) is 5.46. The molecule has 5 heteroatoms. The molecule has 0 saturated heterocycles. The molecule has 0 fully saturated rings. The summed E-state index contributed by atoms with van der Waals surface area (Å²) in [4.78, 5) is 12.7. The summed E-state index contributed by atoms with van der Waals surface area (Å²) in [5.41, 5.74) is 0. The summed E-state index contributed by atoms with van der Waals surface area (Å²) in [5, 5.41) is 0. The molecule has 0 rings (SSSR count). The minimum Gasteiger partial charge on any atom is -0.469 e. The Balaban J connectivity index is 4.59. The molecule has 0 N–H and O–H groups in total. The average molecular weight is 249 g/mol. The molecule has 0 spiro atoms. The number of carbonyl (C=O) groups excluding carboxylic acids is 1. The zero-order valence-corrected chi connectivity index (χ0v) is 11.3. The number of unbranched alkanes of at least 4 members (excludes halogenated alkanes) is 1. The lowest BCUT2D eigenvalue weighted by atomic mass is 10.3. The van der Waals surface area contributed by atoms with Crippen LogP contribution in [0.3, 0.4) is 0 Å². The second-order valence-corrected chi connectivity index (χ2v) is 3.82. The summed E-state index contributed by atoms with van der Waals surface area (Å²) in [6.45, 7) is 6.93. The lowest BCUT2D eigenvalue weighted by Gasteiger charge is -2.35. The Kier molecular flexibility index (Phi) is 8.08. The molecular formula is C12H24FNO3. The van der Waals surface area contributed by atoms with Crippen molar-refractivity contribution in [2.45, 2.75) is 46.0 Å². The van der Waals surface area contributed by atoms with Crippen molar-refractivity contribution in [3.63, 3.8) is 0 Å². The normalized spacial score (nSPS) is 14.7. The van der Waals surface area contributed by atoms with Crippen LogP contribution in [0.15, 0.2) is 0 Å². The molecule has 0 aliphatic heterocycles. The van der Waals surface area contributed by atoms with Crippen LogP contribution in [0.1, 0.15) is 40.0 Å². The van der Waals surface area contributed by atoms with E-state index in [0.717, 1.165) is 12.8 Å². The number of ether oxygens (including phenoxy) is 2. The van der Waals surface area contributed by atoms with Crippen molar-refractivity contribution >= 4 is 5.97 Å². The smallest absolute Gasteiger partial charge is 0.312 e. The van der Waals surface area contributed by atoms with E-state index in [1.807, 2.05) is 20.8 Å². The predicted octanol–water partition coefficient (Wildman–Crippen LogP) is 2.33. The van der Waals surface area contributed by atoms with Gasteiger partial charge in [-0.3, -0.25) is 4.79 Å². The van der Waals surface area contributed by atoms with E-state index >= 15 is 0 Å². The first-order valence-electron chi connectivity index (χ1n) is 6.18. The molecule has 0 aromatic carbocycles. The van der Waals surface area contributed by atoms with Gasteiger partial charge in [-0.2, -0.15) is 4.39 Å². The first-order valence-corrected chi connectivity index (χ1v) is 6.18. The van der Waals surface area contributed by atoms with Crippen LogP contribution in [-0.2, 0) is 14.3 Å². The number of methoxy groups -OCH3 is 1. The fourth-order valence-corrected chi connectivity index (χ4v) is 1.57. The Morgan fingerprint density at radius 1 is 1.29 bits per heavy atom. The Bertz CT molecular complexity index is 222. The number of carbonyl (C=O) groups is 1. The van der Waals surface area contributed by atoms with E-state index in [0.29, 0.717) is 19.7 Å². The predicted molar refractivity (Wildman–Crippen MR) is 64.3 cm³/mol. The van der Waals surface area contributed by atoms with Crippen molar-refractivity contribution in [1.82, 2.24) is 4.90 Å². The number of hydrogen-bond donors (Lipinski definition) is 0. The van der Waals surface area contributed by atoms with Crippen molar-refractivity contribution in [2.24, 2.45) is 0 Å². The molecule has 1 unspecified atom stereocenters. The van der Waals surface area contributed by atoms with E-state index in [2.05, 4.69) is 4.74 Å². The Hall–Kier alpha value is -0.680. The Morgan fingerprint density at radius 2 is 1.88 bits per heavy atom. The highest BCUT2D eigenvalue weighted by molar-refractivity contribution is 5.70. The van der Waals surface area contributed by atoms with Crippen molar-refractivity contribution in [1.29, 1.82) is 0 Å². The first-order chi connectivity index (χ1) is 8.03. The SMILES string of the molecule is CCCCOC(F)(CC(=O)OC)N(CC)CC. The quantitative estimate of drug-likeness (QED) is 0.272. The second-order valence-electron chi connectivity index (χ2n) is 3.82. The highest BCUT2D eigenvalue weighted by atomic mass is 19.2. The van der Waals surface area contributed by atoms with Gasteiger partial charge < -0.3 is 9.47 Å². The van der Waals surface area contributed by atoms with Gasteiger partial charge in [0, 0.05) is 13.1 Å². The maximum Gasteiger partial charge on any atom is 0.312 e. The molecule has 0 amide bonds. The number of rotatable bonds is 9. The molecule has 1 atom stereocenters. The van der Waals surface area contributed by atoms with Gasteiger partial charge in [0.25, 0.3) is 5.98 Å². The molecule has 17 heavy (non-hydrogen) atoms. The standard InChI is InChI=1S/C12H24FNO3/c1-5-8-9-17-12(13,10-11(15)16-4)14(6-2)7-3/h5-10H2,1-4H3. The van der Waals surface area contributed by atoms with Gasteiger partial charge in [0.15, 0.2) is 0 Å². The zero-order chi connectivity index (χ0) is 13.3. The van der Waals surface area contributed by atoms with Gasteiger partial charge in [0.2, 0.25) is 0 Å². The molecule has 0 bridgehead atoms. The molecule has 4 nitrogen and oxygen atoms in total. The molecule has 0 aliphatic rings. The number of hydrogen-bond acceptors (Lipinski definition) is 4. The molecule has 0 aromatic rings. The molecule has 0 saturated carbocycles. The highest BCUT2D eigenvalue weighted by Crippen LogP contribution is 2.24. The second kappa shape index (κ2) is 8.42. The first kappa shape index (κ1) is 16.3. The molecule has 0 heterocycles. The van der Waals surface area contributed by atoms with Gasteiger partial charge in [-0.1, -0.05) is 27.2 Å². The van der Waals surface area contributed by atoms with E-state index in [9.17, 15) is 9.18 Å². The van der Waals surface area contributed by atoms with E-state index in [1.54, 1.807) is 0 Å². The van der Waals surface area contributed by atoms with E-state index in [1.165, 1.54) is 12.0 Å². The van der Waals surface area contributed by atoms with Crippen molar-refractivity contribution in [3.05, 3.63) is 0 Å². The molecule has 0 radical (unpaired) electrons. The van der Waals surface area contributed by atoms with Gasteiger partial charge in [-0.25, -0.2) is 4.90 Å². The summed E-state index contributed by atoms with van der Waals surface area (Å²) in [7, 11) is 1.25. The third-order valence-electron chi connectivity index (χ3n) is 2.65. The van der Waals surface area contributed by atoms with E-state index in [-0.39, 0.29) is 0 Å². The van der Waals surface area contributed by atoms with Gasteiger partial charge >= 0.3 is 5.97 Å². The Morgan fingerprint density at radius 3 is 2.29 bits per heavy atom. The monoisotopic (exact) mass is 249 g/mol. The average Bonchev–Trinajstić information content (AvgIpc) is 2.30. The van der Waals surface area contributed by atoms with Crippen LogP contribution in [0.25, 0.3) is 0 Å². The zero-order valence-electron chi connectivity index (χ0n) is 11.3. The number of alkyl halides is 1. The van der Waals surface area contributed by atoms with Crippen LogP contribution < -0.4 is 0 Å². The fourth-order valence-electron chi connectivity index (χ4n) is 1.57. The maximum absolute atomic E-state index is 14.6. The fraction of sp³-hybridized carbons (Fsp3) is 0.917. The van der Waals surface area contributed by atoms with Crippen LogP contribution in [-0.4, -0.2) is 43.7 Å². The summed E-state index contributed by atoms with van der Waals surface area (Å²) in [5.74, 6) is -2.65. The van der Waals surface area contributed by atoms with Crippen LogP contribution in [0, 0.1) is 0 Å². The highest BCUT2D eigenvalue weighted by Gasteiger charge is 2.39. The Labute approximate surface area is 103 Å². The minimum atomic E-state index is -2.05. The summed E-state index contributed by atoms with van der Waals surface area (Å²) in [6.07, 6.45) is 1.30. The van der Waals surface area contributed by atoms with E-state index < -0.39 is 18.4 Å². The largest absolute Gasteiger partial charge is 0.469 e. The number of halogens is 1. The van der Waals surface area contributed by atoms with Crippen LogP contribution >= 0.6 is 0 Å².